The van der Waals surface area contributed by atoms with Crippen LogP contribution in [0.4, 0.5) is 0 Å². The quantitative estimate of drug-likeness (QED) is 0.670. The SMILES string of the molecule is S=c1[nH]c(=S)n(Cc2ccccc2)c2[nH]c3c(c12)CCCC3. The van der Waals surface area contributed by atoms with Crippen molar-refractivity contribution in [2.45, 2.75) is 32.2 Å². The summed E-state index contributed by atoms with van der Waals surface area (Å²) in [6.07, 6.45) is 4.70. The van der Waals surface area contributed by atoms with E-state index in [0.29, 0.717) is 4.77 Å². The van der Waals surface area contributed by atoms with Gasteiger partial charge < -0.3 is 9.97 Å². The van der Waals surface area contributed by atoms with E-state index in [4.69, 9.17) is 24.4 Å². The third kappa shape index (κ3) is 2.25. The Balaban J connectivity index is 1.96. The van der Waals surface area contributed by atoms with Gasteiger partial charge in [0.2, 0.25) is 0 Å². The molecule has 0 aliphatic heterocycles. The minimum absolute atomic E-state index is 0.681. The maximum absolute atomic E-state index is 5.55. The number of aryl methyl sites for hydroxylation is 2. The number of aromatic nitrogens is 3. The van der Waals surface area contributed by atoms with Crippen LogP contribution in [0.5, 0.6) is 0 Å². The summed E-state index contributed by atoms with van der Waals surface area (Å²) >= 11 is 11.1. The predicted octanol–water partition coefficient (Wildman–Crippen LogP) is 4.68. The van der Waals surface area contributed by atoms with Crippen LogP contribution >= 0.6 is 24.4 Å². The number of benzene rings is 1. The molecule has 0 saturated carbocycles. The minimum Gasteiger partial charge on any atom is -0.344 e. The largest absolute Gasteiger partial charge is 0.344 e. The standard InChI is InChI=1S/C17H17N3S2/c21-16-14-12-8-4-5-9-13(12)18-15(14)20(17(22)19-16)10-11-6-2-1-3-7-11/h1-3,6-7,18H,4-5,8-10H2,(H,19,21,22). The maximum atomic E-state index is 5.55. The zero-order valence-corrected chi connectivity index (χ0v) is 13.8. The number of hydrogen-bond acceptors (Lipinski definition) is 2. The Labute approximate surface area is 139 Å². The molecule has 0 bridgehead atoms. The van der Waals surface area contributed by atoms with E-state index < -0.39 is 0 Å². The van der Waals surface area contributed by atoms with Crippen LogP contribution in [0.2, 0.25) is 0 Å². The molecule has 0 amide bonds. The number of rotatable bonds is 2. The van der Waals surface area contributed by atoms with E-state index in [2.05, 4.69) is 38.8 Å². The van der Waals surface area contributed by atoms with Gasteiger partial charge in [-0.15, -0.1) is 0 Å². The third-order valence-electron chi connectivity index (χ3n) is 4.42. The summed E-state index contributed by atoms with van der Waals surface area (Å²) in [7, 11) is 0. The van der Waals surface area contributed by atoms with Crippen molar-refractivity contribution in [1.29, 1.82) is 0 Å². The van der Waals surface area contributed by atoms with Crippen molar-refractivity contribution in [1.82, 2.24) is 14.5 Å². The lowest BCUT2D eigenvalue weighted by atomic mass is 9.96. The molecule has 0 fully saturated rings. The summed E-state index contributed by atoms with van der Waals surface area (Å²) < 4.78 is 3.58. The second-order valence-electron chi connectivity index (χ2n) is 5.84. The van der Waals surface area contributed by atoms with Gasteiger partial charge >= 0.3 is 0 Å². The Morgan fingerprint density at radius 2 is 1.77 bits per heavy atom. The molecule has 0 spiro atoms. The van der Waals surface area contributed by atoms with E-state index in [9.17, 15) is 0 Å². The number of nitrogens with zero attached hydrogens (tertiary/aromatic N) is 1. The summed E-state index contributed by atoms with van der Waals surface area (Å²) in [4.78, 5) is 6.81. The van der Waals surface area contributed by atoms with Gasteiger partial charge in [-0.25, -0.2) is 0 Å². The molecule has 3 aromatic rings. The molecule has 0 atom stereocenters. The molecule has 112 valence electrons. The number of H-pyrrole nitrogens is 2. The first-order valence-corrected chi connectivity index (χ1v) is 8.46. The minimum atomic E-state index is 0.681. The monoisotopic (exact) mass is 327 g/mol. The molecule has 2 aromatic heterocycles. The highest BCUT2D eigenvalue weighted by Crippen LogP contribution is 2.29. The lowest BCUT2D eigenvalue weighted by molar-refractivity contribution is 0.679. The van der Waals surface area contributed by atoms with E-state index in [1.165, 1.54) is 29.7 Å². The molecule has 22 heavy (non-hydrogen) atoms. The number of nitrogens with one attached hydrogen (secondary N) is 2. The molecule has 1 aliphatic rings. The highest BCUT2D eigenvalue weighted by Gasteiger charge is 2.18. The van der Waals surface area contributed by atoms with Crippen molar-refractivity contribution in [3.05, 3.63) is 56.6 Å². The smallest absolute Gasteiger partial charge is 0.180 e. The molecule has 0 saturated heterocycles. The van der Waals surface area contributed by atoms with Crippen LogP contribution in [-0.4, -0.2) is 14.5 Å². The number of aromatic amines is 2. The molecular weight excluding hydrogens is 310 g/mol. The van der Waals surface area contributed by atoms with Gasteiger partial charge in [0, 0.05) is 5.69 Å². The van der Waals surface area contributed by atoms with Gasteiger partial charge in [-0.05, 0) is 49.0 Å². The normalized spacial score (nSPS) is 14.2. The Morgan fingerprint density at radius 3 is 2.59 bits per heavy atom. The summed E-state index contributed by atoms with van der Waals surface area (Å²) in [5, 5.41) is 1.16. The first kappa shape index (κ1) is 13.9. The predicted molar refractivity (Wildman–Crippen MR) is 94.5 cm³/mol. The van der Waals surface area contributed by atoms with Gasteiger partial charge in [0.1, 0.15) is 10.3 Å². The Hall–Kier alpha value is -1.72. The maximum Gasteiger partial charge on any atom is 0.180 e. The zero-order valence-electron chi connectivity index (χ0n) is 12.2. The van der Waals surface area contributed by atoms with Gasteiger partial charge in [0.15, 0.2) is 4.77 Å². The Bertz CT molecular complexity index is 948. The highest BCUT2D eigenvalue weighted by atomic mass is 32.1. The van der Waals surface area contributed by atoms with E-state index in [1.54, 1.807) is 0 Å². The lowest BCUT2D eigenvalue weighted by Gasteiger charge is -2.10. The van der Waals surface area contributed by atoms with Gasteiger partial charge in [-0.1, -0.05) is 42.5 Å². The zero-order chi connectivity index (χ0) is 15.1. The first-order valence-electron chi connectivity index (χ1n) is 7.64. The topological polar surface area (TPSA) is 36.5 Å². The molecular formula is C17H17N3S2. The van der Waals surface area contributed by atoms with Gasteiger partial charge in [-0.3, -0.25) is 4.57 Å². The van der Waals surface area contributed by atoms with Crippen molar-refractivity contribution >= 4 is 35.5 Å². The van der Waals surface area contributed by atoms with Crippen molar-refractivity contribution in [3.63, 3.8) is 0 Å². The van der Waals surface area contributed by atoms with Crippen molar-refractivity contribution in [3.8, 4) is 0 Å². The van der Waals surface area contributed by atoms with E-state index in [0.717, 1.165) is 35.1 Å². The summed E-state index contributed by atoms with van der Waals surface area (Å²) in [6.45, 7) is 0.752. The molecule has 5 heteroatoms. The summed E-state index contributed by atoms with van der Waals surface area (Å²) in [5.41, 5.74) is 5.03. The van der Waals surface area contributed by atoms with E-state index in [-0.39, 0.29) is 0 Å². The van der Waals surface area contributed by atoms with Crippen LogP contribution in [0.3, 0.4) is 0 Å². The molecule has 4 rings (SSSR count). The second-order valence-corrected chi connectivity index (χ2v) is 6.64. The van der Waals surface area contributed by atoms with E-state index >= 15 is 0 Å². The fourth-order valence-electron chi connectivity index (χ4n) is 3.36. The Morgan fingerprint density at radius 1 is 1.00 bits per heavy atom. The van der Waals surface area contributed by atoms with Crippen LogP contribution in [0.25, 0.3) is 11.0 Å². The van der Waals surface area contributed by atoms with Crippen molar-refractivity contribution in [2.75, 3.05) is 0 Å². The fourth-order valence-corrected chi connectivity index (χ4v) is 4.00. The molecule has 0 unspecified atom stereocenters. The molecule has 3 nitrogen and oxygen atoms in total. The first-order chi connectivity index (χ1) is 10.7. The fraction of sp³-hybridized carbons (Fsp3) is 0.294. The highest BCUT2D eigenvalue weighted by molar-refractivity contribution is 7.72. The van der Waals surface area contributed by atoms with Crippen LogP contribution in [-0.2, 0) is 19.4 Å². The molecule has 0 radical (unpaired) electrons. The van der Waals surface area contributed by atoms with Crippen LogP contribution < -0.4 is 0 Å². The second kappa shape index (κ2) is 5.48. The van der Waals surface area contributed by atoms with Gasteiger partial charge in [0.05, 0.1) is 11.9 Å². The summed E-state index contributed by atoms with van der Waals surface area (Å²) in [5.74, 6) is 0. The van der Waals surface area contributed by atoms with Gasteiger partial charge in [0.25, 0.3) is 0 Å². The number of hydrogen-bond donors (Lipinski definition) is 2. The Kier molecular flexibility index (Phi) is 3.47. The van der Waals surface area contributed by atoms with Crippen molar-refractivity contribution in [2.24, 2.45) is 0 Å². The molecule has 2 heterocycles. The van der Waals surface area contributed by atoms with Crippen LogP contribution in [0, 0.1) is 9.41 Å². The third-order valence-corrected chi connectivity index (χ3v) is 5.05. The van der Waals surface area contributed by atoms with Crippen LogP contribution in [0.1, 0.15) is 29.7 Å². The molecule has 1 aromatic carbocycles. The average molecular weight is 327 g/mol. The molecule has 2 N–H and O–H groups in total. The lowest BCUT2D eigenvalue weighted by Crippen LogP contribution is -2.06. The van der Waals surface area contributed by atoms with E-state index in [1.807, 2.05) is 6.07 Å². The van der Waals surface area contributed by atoms with Crippen molar-refractivity contribution < 1.29 is 0 Å². The number of fused-ring (bicyclic) bond motifs is 3. The molecule has 1 aliphatic carbocycles. The van der Waals surface area contributed by atoms with Crippen LogP contribution in [0.15, 0.2) is 30.3 Å². The average Bonchev–Trinajstić information content (AvgIpc) is 2.92. The van der Waals surface area contributed by atoms with Gasteiger partial charge in [-0.2, -0.15) is 0 Å². The summed E-state index contributed by atoms with van der Waals surface area (Å²) in [6, 6.07) is 10.4.